The zero-order valence-electron chi connectivity index (χ0n) is 10.1. The van der Waals surface area contributed by atoms with Gasteiger partial charge < -0.3 is 0 Å². The van der Waals surface area contributed by atoms with Crippen LogP contribution in [0.1, 0.15) is 0 Å². The molecule has 1 N–H and O–H groups in total. The minimum atomic E-state index is -3.86. The molecule has 10 heteroatoms. The van der Waals surface area contributed by atoms with Crippen LogP contribution in [0.25, 0.3) is 11.0 Å². The first-order valence-electron chi connectivity index (χ1n) is 5.52. The molecule has 0 atom stereocenters. The van der Waals surface area contributed by atoms with Gasteiger partial charge in [-0.15, -0.1) is 0 Å². The Labute approximate surface area is 140 Å². The van der Waals surface area contributed by atoms with Crippen LogP contribution in [0.5, 0.6) is 0 Å². The van der Waals surface area contributed by atoms with Crippen molar-refractivity contribution in [3.8, 4) is 0 Å². The maximum absolute atomic E-state index is 12.5. The summed E-state index contributed by atoms with van der Waals surface area (Å²) in [5.41, 5.74) is 1.63. The van der Waals surface area contributed by atoms with Crippen molar-refractivity contribution in [1.29, 1.82) is 0 Å². The summed E-state index contributed by atoms with van der Waals surface area (Å²) in [4.78, 5) is 3.72. The van der Waals surface area contributed by atoms with Gasteiger partial charge in [0.05, 0.1) is 0 Å². The number of pyridine rings is 1. The molecule has 0 aliphatic rings. The standard InChI is InChI=1S/C11H6BrClN4O2SSe/c12-6-4-9(11(13)14-5-6)20(18,19)15-7-2-1-3-8-10(7)17-21-16-8/h1-5,15H. The fourth-order valence-electron chi connectivity index (χ4n) is 1.68. The van der Waals surface area contributed by atoms with E-state index in [4.69, 9.17) is 11.6 Å². The molecule has 0 spiro atoms. The second-order valence-electron chi connectivity index (χ2n) is 3.99. The third kappa shape index (κ3) is 2.97. The van der Waals surface area contributed by atoms with Crippen LogP contribution in [-0.4, -0.2) is 36.3 Å². The number of nitrogens with zero attached hydrogens (tertiary/aromatic N) is 3. The van der Waals surface area contributed by atoms with Gasteiger partial charge in [-0.2, -0.15) is 0 Å². The Bertz CT molecular complexity index is 931. The van der Waals surface area contributed by atoms with Crippen LogP contribution in [0.3, 0.4) is 0 Å². The van der Waals surface area contributed by atoms with Gasteiger partial charge in [0.2, 0.25) is 0 Å². The average molecular weight is 453 g/mol. The van der Waals surface area contributed by atoms with Crippen molar-refractivity contribution in [2.75, 3.05) is 4.72 Å². The molecule has 0 unspecified atom stereocenters. The van der Waals surface area contributed by atoms with Crippen LogP contribution in [0.4, 0.5) is 5.69 Å². The first-order valence-corrected chi connectivity index (χ1v) is 9.71. The summed E-state index contributed by atoms with van der Waals surface area (Å²) < 4.78 is 36.3. The zero-order chi connectivity index (χ0) is 15.0. The number of fused-ring (bicyclic) bond motifs is 1. The van der Waals surface area contributed by atoms with Crippen molar-refractivity contribution in [3.63, 3.8) is 0 Å². The number of aromatic nitrogens is 3. The molecule has 108 valence electrons. The molecule has 0 aliphatic heterocycles. The topological polar surface area (TPSA) is 84.8 Å². The van der Waals surface area contributed by atoms with E-state index >= 15 is 0 Å². The third-order valence-corrected chi connectivity index (χ3v) is 5.96. The first-order chi connectivity index (χ1) is 9.97. The van der Waals surface area contributed by atoms with E-state index in [2.05, 4.69) is 33.6 Å². The predicted molar refractivity (Wildman–Crippen MR) is 84.2 cm³/mol. The van der Waals surface area contributed by atoms with E-state index in [0.29, 0.717) is 21.2 Å². The van der Waals surface area contributed by atoms with Crippen LogP contribution >= 0.6 is 27.5 Å². The van der Waals surface area contributed by atoms with Crippen LogP contribution in [0, 0.1) is 0 Å². The number of nitrogens with one attached hydrogen (secondary N) is 1. The van der Waals surface area contributed by atoms with E-state index in [9.17, 15) is 8.42 Å². The van der Waals surface area contributed by atoms with Crippen LogP contribution in [0.15, 0.2) is 39.8 Å². The van der Waals surface area contributed by atoms with Crippen molar-refractivity contribution in [2.45, 2.75) is 4.90 Å². The fraction of sp³-hybridized carbons (Fsp3) is 0. The summed E-state index contributed by atoms with van der Waals surface area (Å²) in [5.74, 6) is 0. The number of rotatable bonds is 3. The zero-order valence-corrected chi connectivity index (χ0v) is 15.0. The van der Waals surface area contributed by atoms with Gasteiger partial charge in [-0.25, -0.2) is 0 Å². The van der Waals surface area contributed by atoms with E-state index in [0.717, 1.165) is 0 Å². The fourth-order valence-corrected chi connectivity index (χ4v) is 4.85. The van der Waals surface area contributed by atoms with Gasteiger partial charge in [-0.1, -0.05) is 0 Å². The monoisotopic (exact) mass is 452 g/mol. The maximum atomic E-state index is 12.5. The van der Waals surface area contributed by atoms with Gasteiger partial charge in [-0.3, -0.25) is 0 Å². The summed E-state index contributed by atoms with van der Waals surface area (Å²) in [6.45, 7) is 0. The van der Waals surface area contributed by atoms with E-state index < -0.39 is 10.0 Å². The molecule has 3 rings (SSSR count). The van der Waals surface area contributed by atoms with Gasteiger partial charge in [0.1, 0.15) is 0 Å². The van der Waals surface area contributed by atoms with Gasteiger partial charge in [0.15, 0.2) is 0 Å². The molecule has 6 nitrogen and oxygen atoms in total. The molecule has 0 radical (unpaired) electrons. The summed E-state index contributed by atoms with van der Waals surface area (Å²) in [6, 6.07) is 6.54. The van der Waals surface area contributed by atoms with Crippen molar-refractivity contribution in [2.24, 2.45) is 0 Å². The third-order valence-electron chi connectivity index (χ3n) is 2.59. The first kappa shape index (κ1) is 14.9. The second-order valence-corrected chi connectivity index (χ2v) is 8.02. The molecule has 0 fully saturated rings. The second kappa shape index (κ2) is 5.66. The molecular formula is C11H6BrClN4O2SSe. The van der Waals surface area contributed by atoms with Crippen LogP contribution in [-0.2, 0) is 10.0 Å². The number of halogens is 2. The molecule has 21 heavy (non-hydrogen) atoms. The molecule has 0 bridgehead atoms. The van der Waals surface area contributed by atoms with Gasteiger partial charge in [0.25, 0.3) is 0 Å². The van der Waals surface area contributed by atoms with Crippen LogP contribution < -0.4 is 4.72 Å². The normalized spacial score (nSPS) is 11.7. The quantitative estimate of drug-likeness (QED) is 0.487. The number of benzene rings is 1. The molecule has 0 amide bonds. The molecule has 2 aromatic heterocycles. The van der Waals surface area contributed by atoms with Crippen LogP contribution in [0.2, 0.25) is 5.15 Å². The number of hydrogen-bond donors (Lipinski definition) is 1. The Hall–Kier alpha value is -0.991. The summed E-state index contributed by atoms with van der Waals surface area (Å²) in [5, 5.41) is -0.0934. The number of hydrogen-bond acceptors (Lipinski definition) is 5. The molecule has 0 aliphatic carbocycles. The SMILES string of the molecule is O=S(=O)(Nc1cccc2n[se]nc12)c1cc(Br)cnc1Cl. The minimum absolute atomic E-state index is 0.0934. The molecule has 1 aromatic carbocycles. The number of sulfonamides is 1. The summed E-state index contributed by atoms with van der Waals surface area (Å²) in [6.07, 6.45) is 1.43. The Kier molecular flexibility index (Phi) is 4.02. The van der Waals surface area contributed by atoms with E-state index in [1.165, 1.54) is 12.3 Å². The van der Waals surface area contributed by atoms with Gasteiger partial charge in [-0.05, 0) is 0 Å². The molecule has 0 saturated heterocycles. The van der Waals surface area contributed by atoms with Crippen molar-refractivity contribution in [1.82, 2.24) is 12.9 Å². The Morgan fingerprint density at radius 2 is 2.10 bits per heavy atom. The molecule has 0 saturated carbocycles. The van der Waals surface area contributed by atoms with E-state index in [1.54, 1.807) is 18.2 Å². The molecule has 3 aromatic rings. The van der Waals surface area contributed by atoms with E-state index in [1.807, 2.05) is 0 Å². The Morgan fingerprint density at radius 3 is 2.90 bits per heavy atom. The average Bonchev–Trinajstić information content (AvgIpc) is 2.90. The summed E-state index contributed by atoms with van der Waals surface area (Å²) in [7, 11) is -3.86. The van der Waals surface area contributed by atoms with Gasteiger partial charge >= 0.3 is 140 Å². The van der Waals surface area contributed by atoms with Crippen molar-refractivity contribution in [3.05, 3.63) is 40.1 Å². The van der Waals surface area contributed by atoms with E-state index in [-0.39, 0.29) is 25.0 Å². The molecule has 2 heterocycles. The summed E-state index contributed by atoms with van der Waals surface area (Å²) >= 11 is 8.82. The number of anilines is 1. The van der Waals surface area contributed by atoms with Crippen molar-refractivity contribution >= 4 is 69.2 Å². The predicted octanol–water partition coefficient (Wildman–Crippen LogP) is 2.30. The Morgan fingerprint density at radius 1 is 1.29 bits per heavy atom. The Balaban J connectivity index is 2.08. The van der Waals surface area contributed by atoms with Crippen molar-refractivity contribution < 1.29 is 8.42 Å². The van der Waals surface area contributed by atoms with Gasteiger partial charge in [0, 0.05) is 0 Å². The molecular weight excluding hydrogens is 447 g/mol.